The molecule has 4 aliphatic rings. The Labute approximate surface area is 614 Å². The third-order valence-electron chi connectivity index (χ3n) is 21.7. The minimum atomic E-state index is -1.12. The van der Waals surface area contributed by atoms with E-state index < -0.39 is 23.9 Å². The molecule has 16 heteroatoms. The molecule has 102 heavy (non-hydrogen) atoms. The molecule has 8 heterocycles. The van der Waals surface area contributed by atoms with E-state index in [9.17, 15) is 24.8 Å². The molecular formula is C86H96Cl3FN8O4. The van der Waals surface area contributed by atoms with Crippen LogP contribution in [-0.4, -0.2) is 113 Å². The Morgan fingerprint density at radius 3 is 1.23 bits per heavy atom. The first kappa shape index (κ1) is 72.7. The number of aliphatic hydroxyl groups is 4. The normalized spacial score (nSPS) is 17.1. The second-order valence-electron chi connectivity index (χ2n) is 29.2. The number of rotatable bonds is 13. The third-order valence-corrected chi connectivity index (χ3v) is 22.4. The number of hydrogen-bond acceptors (Lipinski definition) is 8. The molecule has 0 fully saturated rings. The van der Waals surface area contributed by atoms with Gasteiger partial charge in [0.2, 0.25) is 0 Å². The Morgan fingerprint density at radius 1 is 0.441 bits per heavy atom. The highest BCUT2D eigenvalue weighted by Crippen LogP contribution is 2.42. The van der Waals surface area contributed by atoms with Gasteiger partial charge in [-0.25, -0.2) is 4.39 Å². The molecule has 0 amide bonds. The third kappa shape index (κ3) is 15.5. The largest absolute Gasteiger partial charge is 0.387 e. The van der Waals surface area contributed by atoms with Gasteiger partial charge in [0.15, 0.2) is 0 Å². The molecule has 0 radical (unpaired) electrons. The molecule has 12 nitrogen and oxygen atoms in total. The van der Waals surface area contributed by atoms with Crippen molar-refractivity contribution in [3.63, 3.8) is 0 Å². The van der Waals surface area contributed by atoms with Crippen molar-refractivity contribution in [2.75, 3.05) is 54.4 Å². The van der Waals surface area contributed by atoms with Crippen LogP contribution in [0.1, 0.15) is 129 Å². The number of fused-ring (bicyclic) bond motifs is 12. The van der Waals surface area contributed by atoms with Gasteiger partial charge in [0, 0.05) is 133 Å². The second-order valence-corrected chi connectivity index (χ2v) is 30.6. The van der Waals surface area contributed by atoms with Gasteiger partial charge in [0.05, 0.1) is 44.5 Å². The molecule has 532 valence electrons. The van der Waals surface area contributed by atoms with Crippen molar-refractivity contribution in [2.45, 2.75) is 142 Å². The number of aryl methyl sites for hydroxylation is 3. The molecule has 4 aromatic heterocycles. The molecule has 0 saturated heterocycles. The van der Waals surface area contributed by atoms with E-state index in [4.69, 9.17) is 34.8 Å². The van der Waals surface area contributed by atoms with E-state index in [1.54, 1.807) is 19.1 Å². The Kier molecular flexibility index (Phi) is 22.1. The van der Waals surface area contributed by atoms with E-state index in [2.05, 4.69) is 160 Å². The molecule has 16 rings (SSSR count). The highest BCUT2D eigenvalue weighted by atomic mass is 35.5. The number of halogens is 4. The zero-order valence-electron chi connectivity index (χ0n) is 60.2. The van der Waals surface area contributed by atoms with Crippen molar-refractivity contribution in [2.24, 2.45) is 0 Å². The number of aliphatic hydroxyl groups excluding tert-OH is 3. The summed E-state index contributed by atoms with van der Waals surface area (Å²) in [6.07, 6.45) is 3.55. The van der Waals surface area contributed by atoms with Gasteiger partial charge in [-0.2, -0.15) is 0 Å². The lowest BCUT2D eigenvalue weighted by Crippen LogP contribution is -2.35. The van der Waals surface area contributed by atoms with Crippen LogP contribution in [0.2, 0.25) is 15.1 Å². The Hall–Kier alpha value is -7.60. The first-order chi connectivity index (χ1) is 49.0. The minimum Gasteiger partial charge on any atom is -0.387 e. The zero-order chi connectivity index (χ0) is 71.8. The lowest BCUT2D eigenvalue weighted by atomic mass is 9.94. The van der Waals surface area contributed by atoms with Crippen LogP contribution in [0.3, 0.4) is 0 Å². The van der Waals surface area contributed by atoms with Gasteiger partial charge < -0.3 is 53.4 Å². The fourth-order valence-corrected chi connectivity index (χ4v) is 16.6. The number of likely N-dealkylation sites (N-methyl/N-ethyl adjacent to an activating group) is 4. The van der Waals surface area contributed by atoms with Crippen LogP contribution in [0.5, 0.6) is 0 Å². The average molecular weight is 1430 g/mol. The molecule has 4 aliphatic heterocycles. The van der Waals surface area contributed by atoms with Crippen molar-refractivity contribution >= 4 is 78.4 Å². The summed E-state index contributed by atoms with van der Waals surface area (Å²) in [4.78, 5) is 9.40. The molecule has 0 saturated carbocycles. The van der Waals surface area contributed by atoms with Crippen molar-refractivity contribution in [1.29, 1.82) is 0 Å². The lowest BCUT2D eigenvalue weighted by Gasteiger charge is -2.35. The van der Waals surface area contributed by atoms with E-state index in [1.165, 1.54) is 101 Å². The summed E-state index contributed by atoms with van der Waals surface area (Å²) in [5, 5.41) is 50.9. The summed E-state index contributed by atoms with van der Waals surface area (Å²) in [5.74, 6) is -0.300. The van der Waals surface area contributed by atoms with Gasteiger partial charge in [0.25, 0.3) is 0 Å². The fourth-order valence-electron chi connectivity index (χ4n) is 16.1. The maximum absolute atomic E-state index is 13.4. The average Bonchev–Trinajstić information content (AvgIpc) is 1.56. The van der Waals surface area contributed by atoms with Crippen molar-refractivity contribution in [3.8, 4) is 0 Å². The Bertz CT molecular complexity index is 4790. The van der Waals surface area contributed by atoms with E-state index in [0.717, 1.165) is 126 Å². The second kappa shape index (κ2) is 31.0. The monoisotopic (exact) mass is 1430 g/mol. The predicted molar refractivity (Wildman–Crippen MR) is 417 cm³/mol. The van der Waals surface area contributed by atoms with Crippen LogP contribution in [0.4, 0.5) is 4.39 Å². The van der Waals surface area contributed by atoms with E-state index >= 15 is 0 Å². The van der Waals surface area contributed by atoms with Gasteiger partial charge >= 0.3 is 0 Å². The molecule has 5 atom stereocenters. The van der Waals surface area contributed by atoms with E-state index in [0.29, 0.717) is 37.8 Å². The lowest BCUT2D eigenvalue weighted by molar-refractivity contribution is 0.0370. The van der Waals surface area contributed by atoms with Gasteiger partial charge in [-0.1, -0.05) is 155 Å². The van der Waals surface area contributed by atoms with Gasteiger partial charge in [-0.3, -0.25) is 4.90 Å². The molecule has 4 N–H and O–H groups in total. The maximum Gasteiger partial charge on any atom is 0.123 e. The van der Waals surface area contributed by atoms with Crippen LogP contribution in [0.15, 0.2) is 176 Å². The van der Waals surface area contributed by atoms with Crippen molar-refractivity contribution < 1.29 is 24.8 Å². The molecule has 12 aromatic rings. The first-order valence-corrected chi connectivity index (χ1v) is 37.1. The Morgan fingerprint density at radius 2 is 0.804 bits per heavy atom. The molecule has 0 spiro atoms. The van der Waals surface area contributed by atoms with Crippen molar-refractivity contribution in [1.82, 2.24) is 37.9 Å². The van der Waals surface area contributed by atoms with Gasteiger partial charge in [-0.15, -0.1) is 0 Å². The standard InChI is InChI=1S/C23H26ClFN2O.C22H26N2O.C21H23ClN2O.C20H21ClN2O/c1-4-20-22-18(11-12-26(20)3)19-13-16(24)7-10-21(19)27(22)14-23(2,28)15-5-8-17(25)9-6-15;1-15-4-7-17(8-5-15)22(25)14-24-20-9-6-16(2)12-19(20)18-10-11-23(3)13-21(18)24;1-14-3-5-15(6-4-14)21(25)13-24-19-8-7-16(22)11-18(19)17-9-10-23(2)12-20(17)24;1-22-10-9-16-17-11-15(21)7-8-18(17)23(19(16)12-22)13-20(24)14-5-3-2-4-6-14/h5-10,13,20,28H,4,11-12,14H2,1-3H3;4-9,12,22,25H,10-11,13-14H2,1-3H3;3-8,11,21,25H,9-10,12-13H2,1-2H3;2-8,11,20,24H,9-10,12-13H2,1H3. The minimum absolute atomic E-state index is 0.291. The summed E-state index contributed by atoms with van der Waals surface area (Å²) >= 11 is 18.8. The van der Waals surface area contributed by atoms with Gasteiger partial charge in [-0.05, 0) is 211 Å². The molecule has 0 bridgehead atoms. The van der Waals surface area contributed by atoms with Crippen LogP contribution < -0.4 is 0 Å². The van der Waals surface area contributed by atoms with Crippen LogP contribution in [-0.2, 0) is 77.1 Å². The highest BCUT2D eigenvalue weighted by molar-refractivity contribution is 6.32. The number of nitrogens with zero attached hydrogens (tertiary/aromatic N) is 8. The predicted octanol–water partition coefficient (Wildman–Crippen LogP) is 17.6. The van der Waals surface area contributed by atoms with Crippen LogP contribution >= 0.6 is 34.8 Å². The highest BCUT2D eigenvalue weighted by Gasteiger charge is 2.35. The van der Waals surface area contributed by atoms with E-state index in [1.807, 2.05) is 84.9 Å². The summed E-state index contributed by atoms with van der Waals surface area (Å²) in [5.41, 5.74) is 21.6. The fraction of sp³-hybridized carbons (Fsp3) is 0.349. The van der Waals surface area contributed by atoms with E-state index in [-0.39, 0.29) is 5.82 Å². The molecule has 8 aromatic carbocycles. The summed E-state index contributed by atoms with van der Waals surface area (Å²) in [6, 6.07) is 57.4. The summed E-state index contributed by atoms with van der Waals surface area (Å²) in [7, 11) is 8.62. The number of aromatic nitrogens is 4. The van der Waals surface area contributed by atoms with Crippen LogP contribution in [0.25, 0.3) is 43.6 Å². The maximum atomic E-state index is 13.4. The molecule has 5 unspecified atom stereocenters. The Balaban J connectivity index is 0.000000122. The smallest absolute Gasteiger partial charge is 0.123 e. The van der Waals surface area contributed by atoms with Crippen LogP contribution in [0, 0.1) is 26.6 Å². The number of hydrogen-bond donors (Lipinski definition) is 4. The molecular weight excluding hydrogens is 1330 g/mol. The topological polar surface area (TPSA) is 114 Å². The van der Waals surface area contributed by atoms with Crippen molar-refractivity contribution in [3.05, 3.63) is 281 Å². The SMILES string of the molecule is CCC1c2c(c3cc(Cl)ccc3n2CC(C)(O)c2ccc(F)cc2)CCN1C.CN1CCc2c(n(CC(O)c3ccccc3)c3ccc(Cl)cc23)C1.Cc1ccc(C(O)Cn2c3c(c4cc(C)ccc42)CCN(C)C3)cc1.Cc1ccc(C(O)Cn2c3c(c4cc(Cl)ccc42)CCN(C)C3)cc1. The first-order valence-electron chi connectivity index (χ1n) is 36.0. The zero-order valence-corrected chi connectivity index (χ0v) is 62.5. The number of benzene rings is 8. The van der Waals surface area contributed by atoms with Gasteiger partial charge in [0.1, 0.15) is 11.4 Å². The summed E-state index contributed by atoms with van der Waals surface area (Å²) < 4.78 is 22.5. The quantitative estimate of drug-likeness (QED) is 0.0903. The molecule has 0 aliphatic carbocycles. The summed E-state index contributed by atoms with van der Waals surface area (Å²) in [6.45, 7) is 19.4.